The van der Waals surface area contributed by atoms with E-state index in [4.69, 9.17) is 14.7 Å². The summed E-state index contributed by atoms with van der Waals surface area (Å²) in [5.41, 5.74) is 3.43. The highest BCUT2D eigenvalue weighted by Crippen LogP contribution is 2.40. The van der Waals surface area contributed by atoms with Crippen LogP contribution in [0.2, 0.25) is 0 Å². The highest BCUT2D eigenvalue weighted by molar-refractivity contribution is 7.19. The van der Waals surface area contributed by atoms with Crippen LogP contribution in [0.4, 0.5) is 16.3 Å². The molecular weight excluding hydrogens is 482 g/mol. The topological polar surface area (TPSA) is 70.6 Å². The molecule has 1 saturated heterocycles. The number of aromatic nitrogens is 2. The number of hydrogen-bond donors (Lipinski definition) is 1. The quantitative estimate of drug-likeness (QED) is 0.380. The first-order chi connectivity index (χ1) is 18.2. The molecule has 0 bridgehead atoms. The second-order valence-corrected chi connectivity index (χ2v) is 10.7. The Morgan fingerprint density at radius 1 is 0.973 bits per heavy atom. The molecule has 0 radical (unpaired) electrons. The van der Waals surface area contributed by atoms with Gasteiger partial charge in [-0.25, -0.2) is 14.8 Å². The molecule has 2 aromatic carbocycles. The fraction of sp³-hybridized carbons (Fsp3) is 0.345. The molecule has 37 heavy (non-hydrogen) atoms. The van der Waals surface area contributed by atoms with E-state index in [-0.39, 0.29) is 6.03 Å². The number of carbonyl (C=O) groups excluding carboxylic acids is 1. The maximum absolute atomic E-state index is 12.9. The largest absolute Gasteiger partial charge is 0.497 e. The number of hydrogen-bond acceptors (Lipinski definition) is 6. The summed E-state index contributed by atoms with van der Waals surface area (Å²) < 4.78 is 5.21. The minimum atomic E-state index is -0.0738. The van der Waals surface area contributed by atoms with Crippen molar-refractivity contribution in [3.05, 3.63) is 76.4 Å². The van der Waals surface area contributed by atoms with Crippen LogP contribution in [0.1, 0.15) is 34.7 Å². The molecule has 2 aliphatic rings. The second-order valence-electron chi connectivity index (χ2n) is 9.65. The van der Waals surface area contributed by atoms with Crippen molar-refractivity contribution in [2.45, 2.75) is 32.1 Å². The van der Waals surface area contributed by atoms with E-state index in [1.807, 2.05) is 46.6 Å². The zero-order chi connectivity index (χ0) is 25.2. The van der Waals surface area contributed by atoms with Gasteiger partial charge in [-0.15, -0.1) is 11.3 Å². The van der Waals surface area contributed by atoms with Gasteiger partial charge in [0, 0.05) is 43.2 Å². The number of benzene rings is 2. The fourth-order valence-corrected chi connectivity index (χ4v) is 6.54. The van der Waals surface area contributed by atoms with Gasteiger partial charge in [0.15, 0.2) is 0 Å². The maximum atomic E-state index is 12.9. The van der Waals surface area contributed by atoms with E-state index in [0.29, 0.717) is 13.1 Å². The lowest BCUT2D eigenvalue weighted by Gasteiger charge is -2.36. The average Bonchev–Trinajstić information content (AvgIpc) is 3.32. The molecule has 1 fully saturated rings. The molecule has 1 N–H and O–H groups in total. The molecule has 4 aromatic rings. The highest BCUT2D eigenvalue weighted by atomic mass is 32.1. The Morgan fingerprint density at radius 3 is 2.49 bits per heavy atom. The lowest BCUT2D eigenvalue weighted by Crippen LogP contribution is -2.50. The standard InChI is InChI=1S/C29H31N5O2S/c1-36-22-13-11-21(12-14-22)30-29(35)34-17-15-33(16-18-34)27-26-23-9-5-6-10-24(23)37-28(26)32-25(31-27)19-20-7-3-2-4-8-20/h2-4,7-8,11-14H,5-6,9-10,15-19H2,1H3,(H,30,35). The molecule has 7 nitrogen and oxygen atoms in total. The molecule has 1 aliphatic carbocycles. The Kier molecular flexibility index (Phi) is 6.66. The number of aryl methyl sites for hydroxylation is 2. The summed E-state index contributed by atoms with van der Waals surface area (Å²) in [4.78, 5) is 29.9. The molecule has 0 saturated carbocycles. The van der Waals surface area contributed by atoms with Crippen LogP contribution in [0.5, 0.6) is 5.75 Å². The first-order valence-electron chi connectivity index (χ1n) is 13.0. The third-order valence-electron chi connectivity index (χ3n) is 7.25. The van der Waals surface area contributed by atoms with Crippen LogP contribution in [-0.4, -0.2) is 54.2 Å². The van der Waals surface area contributed by atoms with E-state index in [1.165, 1.54) is 34.2 Å². The lowest BCUT2D eigenvalue weighted by molar-refractivity contribution is 0.208. The summed E-state index contributed by atoms with van der Waals surface area (Å²) in [5, 5.41) is 4.25. The maximum Gasteiger partial charge on any atom is 0.321 e. The van der Waals surface area contributed by atoms with Gasteiger partial charge < -0.3 is 19.9 Å². The lowest BCUT2D eigenvalue weighted by atomic mass is 9.96. The molecular formula is C29H31N5O2S. The molecule has 190 valence electrons. The second kappa shape index (κ2) is 10.4. The number of nitrogens with zero attached hydrogens (tertiary/aromatic N) is 4. The minimum absolute atomic E-state index is 0.0738. The van der Waals surface area contributed by atoms with E-state index in [9.17, 15) is 4.79 Å². The third-order valence-corrected chi connectivity index (χ3v) is 8.44. The molecule has 0 spiro atoms. The number of carbonyl (C=O) groups is 1. The van der Waals surface area contributed by atoms with Gasteiger partial charge in [-0.05, 0) is 61.1 Å². The van der Waals surface area contributed by atoms with Crippen LogP contribution in [0.15, 0.2) is 54.6 Å². The van der Waals surface area contributed by atoms with Gasteiger partial charge in [-0.2, -0.15) is 0 Å². The van der Waals surface area contributed by atoms with Gasteiger partial charge >= 0.3 is 6.03 Å². The predicted molar refractivity (Wildman–Crippen MR) is 149 cm³/mol. The molecule has 3 heterocycles. The molecule has 1 aliphatic heterocycles. The van der Waals surface area contributed by atoms with Gasteiger partial charge in [0.2, 0.25) is 0 Å². The number of nitrogens with one attached hydrogen (secondary N) is 1. The van der Waals surface area contributed by atoms with E-state index >= 15 is 0 Å². The Labute approximate surface area is 221 Å². The van der Waals surface area contributed by atoms with Crippen molar-refractivity contribution in [3.63, 3.8) is 0 Å². The van der Waals surface area contributed by atoms with Crippen molar-refractivity contribution < 1.29 is 9.53 Å². The van der Waals surface area contributed by atoms with Crippen LogP contribution in [-0.2, 0) is 19.3 Å². The van der Waals surface area contributed by atoms with E-state index < -0.39 is 0 Å². The molecule has 8 heteroatoms. The summed E-state index contributed by atoms with van der Waals surface area (Å²) in [6.07, 6.45) is 5.44. The smallest absolute Gasteiger partial charge is 0.321 e. The zero-order valence-corrected chi connectivity index (χ0v) is 21.9. The molecule has 0 atom stereocenters. The predicted octanol–water partition coefficient (Wildman–Crippen LogP) is 5.52. The summed E-state index contributed by atoms with van der Waals surface area (Å²) >= 11 is 1.85. The summed E-state index contributed by atoms with van der Waals surface area (Å²) in [6, 6.07) is 17.8. The van der Waals surface area contributed by atoms with Crippen molar-refractivity contribution in [1.82, 2.24) is 14.9 Å². The molecule has 6 rings (SSSR count). The van der Waals surface area contributed by atoms with E-state index in [2.05, 4.69) is 34.5 Å². The Hall–Kier alpha value is -3.65. The number of fused-ring (bicyclic) bond motifs is 3. The number of thiophene rings is 1. The van der Waals surface area contributed by atoms with Crippen LogP contribution < -0.4 is 15.0 Å². The normalized spacial score (nSPS) is 15.5. The highest BCUT2D eigenvalue weighted by Gasteiger charge is 2.27. The van der Waals surface area contributed by atoms with Crippen molar-refractivity contribution in [2.24, 2.45) is 0 Å². The molecule has 2 aromatic heterocycles. The first-order valence-corrected chi connectivity index (χ1v) is 13.8. The minimum Gasteiger partial charge on any atom is -0.497 e. The summed E-state index contributed by atoms with van der Waals surface area (Å²) in [5.74, 6) is 2.68. The average molecular weight is 514 g/mol. The Morgan fingerprint density at radius 2 is 1.73 bits per heavy atom. The monoisotopic (exact) mass is 513 g/mol. The number of methoxy groups -OCH3 is 1. The number of piperazine rings is 1. The van der Waals surface area contributed by atoms with Gasteiger partial charge in [-0.3, -0.25) is 0 Å². The number of ether oxygens (including phenoxy) is 1. The Bertz CT molecular complexity index is 1400. The van der Waals surface area contributed by atoms with Crippen molar-refractivity contribution in [1.29, 1.82) is 0 Å². The summed E-state index contributed by atoms with van der Waals surface area (Å²) in [6.45, 7) is 2.79. The van der Waals surface area contributed by atoms with E-state index in [1.54, 1.807) is 7.11 Å². The number of urea groups is 1. The van der Waals surface area contributed by atoms with Gasteiger partial charge in [-0.1, -0.05) is 30.3 Å². The van der Waals surface area contributed by atoms with Gasteiger partial charge in [0.1, 0.15) is 22.2 Å². The fourth-order valence-electron chi connectivity index (χ4n) is 5.27. The van der Waals surface area contributed by atoms with Crippen LogP contribution in [0, 0.1) is 0 Å². The summed E-state index contributed by atoms with van der Waals surface area (Å²) in [7, 11) is 1.63. The van der Waals surface area contributed by atoms with Crippen LogP contribution in [0.25, 0.3) is 10.2 Å². The van der Waals surface area contributed by atoms with Crippen LogP contribution >= 0.6 is 11.3 Å². The number of anilines is 2. The van der Waals surface area contributed by atoms with Crippen molar-refractivity contribution in [2.75, 3.05) is 43.5 Å². The van der Waals surface area contributed by atoms with Crippen molar-refractivity contribution >= 4 is 39.1 Å². The Balaban J connectivity index is 1.23. The van der Waals surface area contributed by atoms with Crippen LogP contribution in [0.3, 0.4) is 0 Å². The number of rotatable bonds is 5. The molecule has 0 unspecified atom stereocenters. The van der Waals surface area contributed by atoms with Crippen molar-refractivity contribution in [3.8, 4) is 5.75 Å². The molecule has 2 amide bonds. The van der Waals surface area contributed by atoms with Gasteiger partial charge in [0.05, 0.1) is 12.5 Å². The SMILES string of the molecule is COc1ccc(NC(=O)N2CCN(c3nc(Cc4ccccc4)nc4sc5c(c34)CCCC5)CC2)cc1. The first kappa shape index (κ1) is 23.7. The van der Waals surface area contributed by atoms with Gasteiger partial charge in [0.25, 0.3) is 0 Å². The van der Waals surface area contributed by atoms with E-state index in [0.717, 1.165) is 60.3 Å². The third kappa shape index (κ3) is 4.98. The zero-order valence-electron chi connectivity index (χ0n) is 21.1. The number of amides is 2.